The van der Waals surface area contributed by atoms with Crippen LogP contribution in [0.4, 0.5) is 32.0 Å². The lowest BCUT2D eigenvalue weighted by Gasteiger charge is -2.26. The van der Waals surface area contributed by atoms with Gasteiger partial charge in [-0.2, -0.15) is 26.3 Å². The van der Waals surface area contributed by atoms with Crippen molar-refractivity contribution in [2.24, 2.45) is 0 Å². The summed E-state index contributed by atoms with van der Waals surface area (Å²) in [6.07, 6.45) is -10.2. The Morgan fingerprint density at radius 3 is 1.23 bits per heavy atom. The highest BCUT2D eigenvalue weighted by atomic mass is 19.4. The Labute approximate surface area is 458 Å². The van der Waals surface area contributed by atoms with E-state index in [0.29, 0.717) is 94.4 Å². The third-order valence-electron chi connectivity index (χ3n) is 10.7. The number of carbonyl (C=O) groups is 1. The normalized spacial score (nSPS) is 14.7. The lowest BCUT2D eigenvalue weighted by atomic mass is 9.79. The maximum Gasteiger partial charge on any atom is 0.416 e. The third kappa shape index (κ3) is 25.6. The van der Waals surface area contributed by atoms with Crippen LogP contribution in [0.15, 0.2) is 91.0 Å². The van der Waals surface area contributed by atoms with Crippen LogP contribution < -0.4 is 24.3 Å². The molecule has 0 saturated carbocycles. The van der Waals surface area contributed by atoms with E-state index in [1.165, 1.54) is 18.2 Å². The van der Waals surface area contributed by atoms with Crippen molar-refractivity contribution >= 4 is 22.4 Å². The van der Waals surface area contributed by atoms with E-state index in [1.807, 2.05) is 84.0 Å². The second-order valence-corrected chi connectivity index (χ2v) is 20.5. The monoisotopic (exact) mass is 1120 g/mol. The first-order chi connectivity index (χ1) is 36.9. The number of amides is 1. The maximum absolute atomic E-state index is 13.1. The largest absolute Gasteiger partial charge is 0.487 e. The molecular weight excluding hydrogens is 1050 g/mol. The number of hydrogen-bond donors (Lipinski definition) is 3. The zero-order valence-electron chi connectivity index (χ0n) is 46.6. The van der Waals surface area contributed by atoms with Gasteiger partial charge in [-0.15, -0.1) is 0 Å². The van der Waals surface area contributed by atoms with Crippen LogP contribution in [0.1, 0.15) is 107 Å². The number of fused-ring (bicyclic) bond motifs is 3. The molecule has 5 aromatic rings. The molecule has 1 aliphatic heterocycles. The van der Waals surface area contributed by atoms with Crippen molar-refractivity contribution < 1.29 is 84.2 Å². The number of nitro groups is 1. The van der Waals surface area contributed by atoms with Crippen LogP contribution >= 0.6 is 0 Å². The number of alkyl halides is 6. The molecule has 21 heteroatoms. The van der Waals surface area contributed by atoms with E-state index in [2.05, 4.69) is 5.32 Å². The predicted molar refractivity (Wildman–Crippen MR) is 288 cm³/mol. The zero-order valence-corrected chi connectivity index (χ0v) is 46.6. The molecule has 0 radical (unpaired) electrons. The predicted octanol–water partition coefficient (Wildman–Crippen LogP) is 12.1. The van der Waals surface area contributed by atoms with Crippen molar-refractivity contribution in [3.05, 3.63) is 134 Å². The van der Waals surface area contributed by atoms with Crippen LogP contribution in [0.25, 0.3) is 10.8 Å². The molecule has 0 bridgehead atoms. The molecule has 438 valence electrons. The number of nitrogens with zero attached hydrogens (tertiary/aromatic N) is 1. The number of non-ortho nitro benzene ring substituents is 1. The molecule has 3 N–H and O–H groups in total. The fourth-order valence-electron chi connectivity index (χ4n) is 6.78. The molecule has 0 aromatic heterocycles. The molecule has 0 saturated heterocycles. The number of halogens is 6. The molecular formula is C58H76F6N2O13. The molecule has 5 aromatic carbocycles. The Balaban J connectivity index is 0.000000371. The summed E-state index contributed by atoms with van der Waals surface area (Å²) in [4.78, 5) is 23.6. The van der Waals surface area contributed by atoms with E-state index < -0.39 is 40.9 Å². The summed E-state index contributed by atoms with van der Waals surface area (Å²) < 4.78 is 124. The van der Waals surface area contributed by atoms with E-state index in [1.54, 1.807) is 39.8 Å². The Kier molecular flexibility index (Phi) is 27.3. The summed E-state index contributed by atoms with van der Waals surface area (Å²) in [5, 5.41) is 31.9. The summed E-state index contributed by atoms with van der Waals surface area (Å²) in [6, 6.07) is 22.6. The van der Waals surface area contributed by atoms with Crippen molar-refractivity contribution in [1.29, 1.82) is 0 Å². The van der Waals surface area contributed by atoms with Gasteiger partial charge in [-0.05, 0) is 115 Å². The number of aliphatic hydroxyl groups excluding tert-OH is 2. The molecule has 1 amide bonds. The number of benzene rings is 5. The van der Waals surface area contributed by atoms with Gasteiger partial charge in [-0.25, -0.2) is 0 Å². The number of nitrogens with one attached hydrogen (secondary N) is 1. The van der Waals surface area contributed by atoms with Gasteiger partial charge in [0, 0.05) is 30.4 Å². The molecule has 15 nitrogen and oxygen atoms in total. The average Bonchev–Trinajstić information content (AvgIpc) is 3.39. The van der Waals surface area contributed by atoms with Crippen LogP contribution in [0, 0.1) is 10.1 Å². The first-order valence-corrected chi connectivity index (χ1v) is 25.7. The third-order valence-corrected chi connectivity index (χ3v) is 10.7. The van der Waals surface area contributed by atoms with Crippen molar-refractivity contribution in [2.75, 3.05) is 79.3 Å². The molecule has 0 fully saturated rings. The van der Waals surface area contributed by atoms with Gasteiger partial charge in [-0.1, -0.05) is 71.9 Å². The summed E-state index contributed by atoms with van der Waals surface area (Å²) in [7, 11) is 0. The van der Waals surface area contributed by atoms with Crippen LogP contribution in [0.2, 0.25) is 0 Å². The first-order valence-electron chi connectivity index (χ1n) is 25.7. The minimum atomic E-state index is -4.94. The minimum Gasteiger partial charge on any atom is -0.487 e. The Morgan fingerprint density at radius 2 is 0.861 bits per heavy atom. The number of aliphatic hydroxyl groups is 2. The van der Waals surface area contributed by atoms with Crippen molar-refractivity contribution in [1.82, 2.24) is 5.32 Å². The minimum absolute atomic E-state index is 0.0632. The Bertz CT molecular complexity index is 2570. The second-order valence-electron chi connectivity index (χ2n) is 20.5. The molecule has 0 spiro atoms. The SMILES string of the molecule is CC(C)(C)c1cc(C(=O)NCc2cc(C(F)(F)F)cc(C(F)(F)F)c2)cc(C(C)(C)C)c1.CC(C)O.CC(C)O.O=[N+]([O-])c1ccc2c(c1)OCCOc1cc3ccccc3cc1OCCOCCOCCOCCOCCO2. The fourth-order valence-corrected chi connectivity index (χ4v) is 6.78. The van der Waals surface area contributed by atoms with Crippen molar-refractivity contribution in [3.63, 3.8) is 0 Å². The number of rotatable bonds is 4. The summed E-state index contributed by atoms with van der Waals surface area (Å²) in [5.41, 5.74) is -1.66. The summed E-state index contributed by atoms with van der Waals surface area (Å²) >= 11 is 0. The van der Waals surface area contributed by atoms with Gasteiger partial charge >= 0.3 is 12.4 Å². The molecule has 0 aliphatic carbocycles. The molecule has 0 unspecified atom stereocenters. The quantitative estimate of drug-likeness (QED) is 0.0877. The van der Waals surface area contributed by atoms with E-state index >= 15 is 0 Å². The summed E-state index contributed by atoms with van der Waals surface area (Å²) in [6.45, 7) is 22.6. The molecule has 1 heterocycles. The highest BCUT2D eigenvalue weighted by Crippen LogP contribution is 2.38. The highest BCUT2D eigenvalue weighted by Gasteiger charge is 2.37. The van der Waals surface area contributed by atoms with E-state index in [9.17, 15) is 41.3 Å². The van der Waals surface area contributed by atoms with Gasteiger partial charge in [0.05, 0.1) is 75.0 Å². The van der Waals surface area contributed by atoms with Crippen molar-refractivity contribution in [2.45, 2.75) is 111 Å². The maximum atomic E-state index is 13.1. The van der Waals surface area contributed by atoms with Gasteiger partial charge in [0.2, 0.25) is 0 Å². The number of nitro benzene ring substituents is 1. The van der Waals surface area contributed by atoms with Crippen LogP contribution in [0.5, 0.6) is 23.0 Å². The topological polar surface area (TPSA) is 187 Å². The van der Waals surface area contributed by atoms with Crippen LogP contribution in [-0.4, -0.2) is 113 Å². The van der Waals surface area contributed by atoms with Gasteiger partial charge < -0.3 is 53.4 Å². The van der Waals surface area contributed by atoms with Gasteiger partial charge in [-0.3, -0.25) is 14.9 Å². The van der Waals surface area contributed by atoms with Crippen molar-refractivity contribution in [3.8, 4) is 23.0 Å². The van der Waals surface area contributed by atoms with Gasteiger partial charge in [0.1, 0.15) is 26.4 Å². The first kappa shape index (κ1) is 67.0. The number of ether oxygens (including phenoxy) is 8. The zero-order chi connectivity index (χ0) is 59.0. The smallest absolute Gasteiger partial charge is 0.416 e. The highest BCUT2D eigenvalue weighted by molar-refractivity contribution is 5.94. The summed E-state index contributed by atoms with van der Waals surface area (Å²) in [5.74, 6) is 1.19. The Morgan fingerprint density at radius 1 is 0.519 bits per heavy atom. The lowest BCUT2D eigenvalue weighted by Crippen LogP contribution is -2.25. The Hall–Kier alpha value is -6.23. The average molecular weight is 1120 g/mol. The molecule has 1 aliphatic rings. The second kappa shape index (κ2) is 32.1. The van der Waals surface area contributed by atoms with Crippen LogP contribution in [0.3, 0.4) is 0 Å². The molecule has 79 heavy (non-hydrogen) atoms. The lowest BCUT2D eigenvalue weighted by molar-refractivity contribution is -0.385. The standard InChI is InChI=1S/C28H33NO10.C24H27F6NO.2C3H8O/c30-29(31)24-5-6-25-28(21-24)39-18-17-38-27-20-23-4-2-1-3-22(23)19-26(27)37-16-14-35-12-10-33-8-7-32-9-11-34-13-15-36-25;1-21(2,3)16-9-15(10-17(11-16)22(4,5)6)20(32)31-13-14-7-18(23(25,26)27)12-19(8-14)24(28,29)30;2*1-3(2)4/h1-6,19-21H,7-18H2;7-12H,13H2,1-6H3,(H,31,32);2*3-4H,1-2H3. The molecule has 6 rings (SSSR count). The van der Waals surface area contributed by atoms with Gasteiger partial charge in [0.15, 0.2) is 23.0 Å². The van der Waals surface area contributed by atoms with Gasteiger partial charge in [0.25, 0.3) is 11.6 Å². The number of carbonyl (C=O) groups excluding carboxylic acids is 1. The van der Waals surface area contributed by atoms with Crippen LogP contribution in [-0.2, 0) is 48.7 Å². The molecule has 0 atom stereocenters. The van der Waals surface area contributed by atoms with E-state index in [4.69, 9.17) is 48.1 Å². The fraction of sp³-hybridized carbons (Fsp3) is 0.500. The van der Waals surface area contributed by atoms with E-state index in [-0.39, 0.29) is 65.9 Å². The van der Waals surface area contributed by atoms with E-state index in [0.717, 1.165) is 21.9 Å². The number of hydrogen-bond acceptors (Lipinski definition) is 13.